The summed E-state index contributed by atoms with van der Waals surface area (Å²) in [6.07, 6.45) is 6.83. The van der Waals surface area contributed by atoms with Gasteiger partial charge in [0.25, 0.3) is 5.91 Å². The molecule has 138 valence electrons. The van der Waals surface area contributed by atoms with E-state index in [9.17, 15) is 9.59 Å². The summed E-state index contributed by atoms with van der Waals surface area (Å²) in [5.41, 5.74) is 0.399. The maximum atomic E-state index is 12.9. The number of pyridine rings is 3. The molecule has 0 bridgehead atoms. The van der Waals surface area contributed by atoms with Gasteiger partial charge in [0.05, 0.1) is 21.1 Å². The third-order valence-electron chi connectivity index (χ3n) is 4.55. The first kappa shape index (κ1) is 17.9. The second-order valence-corrected chi connectivity index (χ2v) is 7.05. The number of nitrogens with zero attached hydrogens (tertiary/aromatic N) is 3. The van der Waals surface area contributed by atoms with Crippen LogP contribution in [-0.4, -0.2) is 33.5 Å². The highest BCUT2D eigenvalue weighted by molar-refractivity contribution is 6.39. The predicted molar refractivity (Wildman–Crippen MR) is 105 cm³/mol. The normalized spacial score (nSPS) is 16.6. The second kappa shape index (κ2) is 7.26. The van der Waals surface area contributed by atoms with Gasteiger partial charge in [-0.2, -0.15) is 0 Å². The van der Waals surface area contributed by atoms with Crippen LogP contribution in [0.1, 0.15) is 22.8 Å². The Morgan fingerprint density at radius 1 is 1.30 bits per heavy atom. The molecule has 0 unspecified atom stereocenters. The van der Waals surface area contributed by atoms with Gasteiger partial charge in [0.2, 0.25) is 5.43 Å². The molecule has 2 N–H and O–H groups in total. The molecule has 0 aromatic carbocycles. The van der Waals surface area contributed by atoms with Crippen molar-refractivity contribution in [1.29, 1.82) is 0 Å². The quantitative estimate of drug-likeness (QED) is 0.701. The number of nitrogens with one attached hydrogen (secondary N) is 2. The monoisotopic (exact) mass is 403 g/mol. The molecule has 0 radical (unpaired) electrons. The summed E-state index contributed by atoms with van der Waals surface area (Å²) in [5.74, 6) is -0.583. The molecule has 1 aliphatic rings. The maximum Gasteiger partial charge on any atom is 0.261 e. The molecular formula is C18H15Cl2N5O2. The average Bonchev–Trinajstić information content (AvgIpc) is 3.20. The fourth-order valence-corrected chi connectivity index (χ4v) is 3.67. The van der Waals surface area contributed by atoms with Gasteiger partial charge in [0, 0.05) is 37.4 Å². The van der Waals surface area contributed by atoms with Crippen molar-refractivity contribution in [3.63, 3.8) is 0 Å². The summed E-state index contributed by atoms with van der Waals surface area (Å²) in [4.78, 5) is 33.9. The molecule has 1 amide bonds. The summed E-state index contributed by atoms with van der Waals surface area (Å²) >= 11 is 12.1. The molecule has 1 saturated heterocycles. The standard InChI is InChI=1S/C18H15Cl2N5O2/c19-13-7-22-8-14(20)15(13)24-18(27)12-9-25(10-3-5-21-6-10)17-11(16(12)26)2-1-4-23-17/h1-2,4,7-10,21H,3,5-6H2,(H,22,24,27)/t10-/m0/s1. The maximum absolute atomic E-state index is 12.9. The Labute approximate surface area is 164 Å². The van der Waals surface area contributed by atoms with E-state index in [1.165, 1.54) is 12.4 Å². The molecule has 4 rings (SSSR count). The minimum Gasteiger partial charge on any atom is -0.327 e. The number of fused-ring (bicyclic) bond motifs is 1. The summed E-state index contributed by atoms with van der Waals surface area (Å²) in [5, 5.41) is 6.69. The number of hydrogen-bond acceptors (Lipinski definition) is 5. The van der Waals surface area contributed by atoms with Gasteiger partial charge in [-0.1, -0.05) is 23.2 Å². The molecule has 1 atom stereocenters. The van der Waals surface area contributed by atoms with Crippen molar-refractivity contribution >= 4 is 45.8 Å². The molecule has 3 aromatic rings. The fraction of sp³-hybridized carbons (Fsp3) is 0.222. The zero-order chi connectivity index (χ0) is 19.0. The first-order valence-electron chi connectivity index (χ1n) is 8.37. The van der Waals surface area contributed by atoms with Crippen molar-refractivity contribution in [3.05, 3.63) is 62.8 Å². The lowest BCUT2D eigenvalue weighted by molar-refractivity contribution is 0.102. The molecule has 9 heteroatoms. The van der Waals surface area contributed by atoms with Crippen LogP contribution in [0.4, 0.5) is 5.69 Å². The molecular weight excluding hydrogens is 389 g/mol. The molecule has 7 nitrogen and oxygen atoms in total. The molecule has 0 aliphatic carbocycles. The van der Waals surface area contributed by atoms with Crippen LogP contribution in [0, 0.1) is 0 Å². The Morgan fingerprint density at radius 2 is 2.07 bits per heavy atom. The first-order valence-corrected chi connectivity index (χ1v) is 9.13. The number of anilines is 1. The van der Waals surface area contributed by atoms with Gasteiger partial charge in [0.15, 0.2) is 0 Å². The van der Waals surface area contributed by atoms with Crippen LogP contribution in [0.15, 0.2) is 41.7 Å². The van der Waals surface area contributed by atoms with Crippen molar-refractivity contribution in [2.75, 3.05) is 18.4 Å². The number of carbonyl (C=O) groups excluding carboxylic acids is 1. The highest BCUT2D eigenvalue weighted by atomic mass is 35.5. The largest absolute Gasteiger partial charge is 0.327 e. The fourth-order valence-electron chi connectivity index (χ4n) is 3.21. The molecule has 0 saturated carbocycles. The van der Waals surface area contributed by atoms with Crippen LogP contribution in [0.5, 0.6) is 0 Å². The van der Waals surface area contributed by atoms with E-state index in [1.807, 2.05) is 4.57 Å². The van der Waals surface area contributed by atoms with Gasteiger partial charge < -0.3 is 15.2 Å². The highest BCUT2D eigenvalue weighted by Gasteiger charge is 2.23. The Morgan fingerprint density at radius 3 is 2.78 bits per heavy atom. The van der Waals surface area contributed by atoms with Gasteiger partial charge in [-0.25, -0.2) is 4.98 Å². The molecule has 27 heavy (non-hydrogen) atoms. The number of hydrogen-bond donors (Lipinski definition) is 2. The van der Waals surface area contributed by atoms with E-state index in [0.717, 1.165) is 19.5 Å². The van der Waals surface area contributed by atoms with E-state index in [2.05, 4.69) is 20.6 Å². The average molecular weight is 404 g/mol. The Bertz CT molecular complexity index is 1070. The number of rotatable bonds is 3. The number of carbonyl (C=O) groups is 1. The third kappa shape index (κ3) is 3.29. The van der Waals surface area contributed by atoms with Crippen LogP contribution < -0.4 is 16.1 Å². The lowest BCUT2D eigenvalue weighted by Gasteiger charge is -2.18. The highest BCUT2D eigenvalue weighted by Crippen LogP contribution is 2.29. The summed E-state index contributed by atoms with van der Waals surface area (Å²) in [6, 6.07) is 3.47. The summed E-state index contributed by atoms with van der Waals surface area (Å²) < 4.78 is 1.89. The zero-order valence-corrected chi connectivity index (χ0v) is 15.6. The summed E-state index contributed by atoms with van der Waals surface area (Å²) in [7, 11) is 0. The van der Waals surface area contributed by atoms with Crippen LogP contribution >= 0.6 is 23.2 Å². The van der Waals surface area contributed by atoms with Gasteiger partial charge in [0.1, 0.15) is 11.2 Å². The van der Waals surface area contributed by atoms with Crippen LogP contribution in [-0.2, 0) is 0 Å². The van der Waals surface area contributed by atoms with Crippen molar-refractivity contribution in [3.8, 4) is 0 Å². The molecule has 3 aromatic heterocycles. The molecule has 1 aliphatic heterocycles. The van der Waals surface area contributed by atoms with E-state index in [0.29, 0.717) is 11.0 Å². The predicted octanol–water partition coefficient (Wildman–Crippen LogP) is 2.89. The van der Waals surface area contributed by atoms with Crippen LogP contribution in [0.3, 0.4) is 0 Å². The van der Waals surface area contributed by atoms with Crippen LogP contribution in [0.25, 0.3) is 11.0 Å². The van der Waals surface area contributed by atoms with Gasteiger partial charge >= 0.3 is 0 Å². The minimum atomic E-state index is -0.583. The second-order valence-electron chi connectivity index (χ2n) is 6.23. The first-order chi connectivity index (χ1) is 13.1. The summed E-state index contributed by atoms with van der Waals surface area (Å²) in [6.45, 7) is 1.62. The SMILES string of the molecule is O=C(Nc1c(Cl)cncc1Cl)c1cn([C@H]2CCNC2)c2ncccc2c1=O. The Balaban J connectivity index is 1.82. The van der Waals surface area contributed by atoms with Crippen molar-refractivity contribution in [1.82, 2.24) is 19.9 Å². The van der Waals surface area contributed by atoms with Crippen molar-refractivity contribution < 1.29 is 4.79 Å². The molecule has 4 heterocycles. The van der Waals surface area contributed by atoms with Gasteiger partial charge in [-0.3, -0.25) is 14.6 Å². The number of aromatic nitrogens is 3. The zero-order valence-electron chi connectivity index (χ0n) is 14.1. The molecule has 1 fully saturated rings. The van der Waals surface area contributed by atoms with Crippen LogP contribution in [0.2, 0.25) is 10.0 Å². The third-order valence-corrected chi connectivity index (χ3v) is 5.13. The lowest BCUT2D eigenvalue weighted by atomic mass is 10.1. The smallest absolute Gasteiger partial charge is 0.261 e. The van der Waals surface area contributed by atoms with Gasteiger partial charge in [-0.05, 0) is 25.1 Å². The van der Waals surface area contributed by atoms with Gasteiger partial charge in [-0.15, -0.1) is 0 Å². The number of halogens is 2. The van der Waals surface area contributed by atoms with E-state index in [-0.39, 0.29) is 32.8 Å². The van der Waals surface area contributed by atoms with E-state index in [4.69, 9.17) is 23.2 Å². The Kier molecular flexibility index (Phi) is 4.82. The minimum absolute atomic E-state index is 0.00588. The van der Waals surface area contributed by atoms with E-state index >= 15 is 0 Å². The van der Waals surface area contributed by atoms with E-state index < -0.39 is 5.91 Å². The van der Waals surface area contributed by atoms with E-state index in [1.54, 1.807) is 24.5 Å². The topological polar surface area (TPSA) is 88.9 Å². The van der Waals surface area contributed by atoms with Crippen molar-refractivity contribution in [2.45, 2.75) is 12.5 Å². The lowest BCUT2D eigenvalue weighted by Crippen LogP contribution is -2.26. The van der Waals surface area contributed by atoms with Crippen molar-refractivity contribution in [2.24, 2.45) is 0 Å². The molecule has 0 spiro atoms. The Hall–Kier alpha value is -2.48. The number of amides is 1.